The molecule has 0 aliphatic carbocycles. The highest BCUT2D eigenvalue weighted by Gasteiger charge is 2.44. The van der Waals surface area contributed by atoms with Crippen LogP contribution in [0.2, 0.25) is 0 Å². The van der Waals surface area contributed by atoms with Crippen LogP contribution in [-0.2, 0) is 0 Å². The second-order valence-electron chi connectivity index (χ2n) is 10.8. The predicted molar refractivity (Wildman–Crippen MR) is 178 cm³/mol. The highest BCUT2D eigenvalue weighted by atomic mass is 31.2. The van der Waals surface area contributed by atoms with Crippen LogP contribution in [0.5, 0.6) is 0 Å². The molecule has 0 saturated heterocycles. The first-order chi connectivity index (χ1) is 18.9. The van der Waals surface area contributed by atoms with Gasteiger partial charge in [0.15, 0.2) is 0 Å². The Balaban J connectivity index is 1.77. The van der Waals surface area contributed by atoms with Crippen molar-refractivity contribution in [2.24, 2.45) is 5.92 Å². The van der Waals surface area contributed by atoms with Crippen LogP contribution in [0.4, 0.5) is 0 Å². The third-order valence-electron chi connectivity index (χ3n) is 7.13. The lowest BCUT2D eigenvalue weighted by Crippen LogP contribution is -2.33. The lowest BCUT2D eigenvalue weighted by atomic mass is 10.0. The van der Waals surface area contributed by atoms with E-state index in [1.807, 2.05) is 0 Å². The van der Waals surface area contributed by atoms with Gasteiger partial charge in [0.25, 0.3) is 0 Å². The number of benzene rings is 3. The molecule has 0 heterocycles. The molecule has 0 nitrogen and oxygen atoms in total. The van der Waals surface area contributed by atoms with Crippen LogP contribution >= 0.6 is 7.26 Å². The van der Waals surface area contributed by atoms with E-state index in [4.69, 9.17) is 0 Å². The Morgan fingerprint density at radius 3 is 1.67 bits per heavy atom. The number of rotatable bonds is 13. The molecule has 0 bridgehead atoms. The molecule has 0 fully saturated rings. The summed E-state index contributed by atoms with van der Waals surface area (Å²) in [5, 5.41) is 4.27. The first-order valence-electron chi connectivity index (χ1n) is 14.3. The largest absolute Gasteiger partial charge is 0.115 e. The van der Waals surface area contributed by atoms with E-state index in [-0.39, 0.29) is 0 Å². The van der Waals surface area contributed by atoms with E-state index >= 15 is 0 Å². The molecule has 1 heteroatoms. The summed E-state index contributed by atoms with van der Waals surface area (Å²) >= 11 is 0. The van der Waals surface area contributed by atoms with E-state index in [2.05, 4.69) is 168 Å². The molecule has 0 saturated carbocycles. The fourth-order valence-corrected chi connectivity index (χ4v) is 8.96. The standard InChI is InChI=1S/C38H46P/c1-32(2)18-15-19-33(3)20-16-21-34(4)22-17-23-35(5)30-31-39(36-24-9-6-10-25-36,37-26-11-7-12-27-37)38-28-13-8-14-29-38/h6-14,16-18,21-30,33H,15,19-20,31H2,1-5H3/q+1/b21-16+,23-17+,34-22+,35-30?/t33-/m1/s1. The van der Waals surface area contributed by atoms with Crippen molar-refractivity contribution in [3.63, 3.8) is 0 Å². The van der Waals surface area contributed by atoms with Crippen molar-refractivity contribution in [3.05, 3.63) is 150 Å². The minimum atomic E-state index is -1.84. The molecule has 3 rings (SSSR count). The van der Waals surface area contributed by atoms with Crippen molar-refractivity contribution in [3.8, 4) is 0 Å². The highest BCUT2D eigenvalue weighted by molar-refractivity contribution is 7.95. The minimum Gasteiger partial charge on any atom is -0.0859 e. The zero-order valence-electron chi connectivity index (χ0n) is 24.6. The Morgan fingerprint density at radius 1 is 0.667 bits per heavy atom. The maximum atomic E-state index is 2.43. The van der Waals surface area contributed by atoms with Gasteiger partial charge >= 0.3 is 0 Å². The molecule has 3 aromatic rings. The summed E-state index contributed by atoms with van der Waals surface area (Å²) in [4.78, 5) is 0. The fourth-order valence-electron chi connectivity index (χ4n) is 4.83. The summed E-state index contributed by atoms with van der Waals surface area (Å²) in [6, 6.07) is 33.3. The van der Waals surface area contributed by atoms with Gasteiger partial charge in [0.05, 0.1) is 6.16 Å². The summed E-state index contributed by atoms with van der Waals surface area (Å²) in [6.45, 7) is 11.1. The van der Waals surface area contributed by atoms with Crippen LogP contribution in [0, 0.1) is 5.92 Å². The Hall–Kier alpha value is -3.21. The maximum absolute atomic E-state index is 2.43. The van der Waals surface area contributed by atoms with E-state index in [1.165, 1.54) is 45.5 Å². The van der Waals surface area contributed by atoms with Crippen molar-refractivity contribution in [1.29, 1.82) is 0 Å². The van der Waals surface area contributed by atoms with Crippen LogP contribution in [0.15, 0.2) is 150 Å². The lowest BCUT2D eigenvalue weighted by Gasteiger charge is -2.26. The molecule has 0 N–H and O–H groups in total. The Kier molecular flexibility index (Phi) is 12.5. The molecule has 0 radical (unpaired) electrons. The minimum absolute atomic E-state index is 0.716. The third kappa shape index (κ3) is 9.49. The van der Waals surface area contributed by atoms with Gasteiger partial charge in [-0.05, 0) is 95.3 Å². The lowest BCUT2D eigenvalue weighted by molar-refractivity contribution is 0.545. The Bertz CT molecular complexity index is 1170. The van der Waals surface area contributed by atoms with E-state index in [9.17, 15) is 0 Å². The average molecular weight is 534 g/mol. The van der Waals surface area contributed by atoms with Crippen LogP contribution in [-0.4, -0.2) is 6.16 Å². The molecule has 0 amide bonds. The van der Waals surface area contributed by atoms with Gasteiger partial charge < -0.3 is 0 Å². The van der Waals surface area contributed by atoms with Crippen molar-refractivity contribution < 1.29 is 0 Å². The molecule has 0 unspecified atom stereocenters. The second kappa shape index (κ2) is 16.0. The Labute approximate surface area is 238 Å². The van der Waals surface area contributed by atoms with E-state index in [1.54, 1.807) is 0 Å². The van der Waals surface area contributed by atoms with Gasteiger partial charge in [-0.3, -0.25) is 0 Å². The van der Waals surface area contributed by atoms with E-state index in [0.717, 1.165) is 12.6 Å². The molecule has 0 aliphatic rings. The fraction of sp³-hybridized carbons (Fsp3) is 0.263. The van der Waals surface area contributed by atoms with Crippen molar-refractivity contribution in [2.45, 2.75) is 53.9 Å². The number of hydrogen-bond donors (Lipinski definition) is 0. The van der Waals surface area contributed by atoms with E-state index in [0.29, 0.717) is 5.92 Å². The van der Waals surface area contributed by atoms with Gasteiger partial charge in [-0.1, -0.05) is 115 Å². The van der Waals surface area contributed by atoms with Gasteiger partial charge in [-0.15, -0.1) is 0 Å². The van der Waals surface area contributed by atoms with Gasteiger partial charge in [0.2, 0.25) is 0 Å². The topological polar surface area (TPSA) is 0 Å². The summed E-state index contributed by atoms with van der Waals surface area (Å²) in [6.07, 6.45) is 20.6. The van der Waals surface area contributed by atoms with Crippen LogP contribution in [0.3, 0.4) is 0 Å². The van der Waals surface area contributed by atoms with E-state index < -0.39 is 7.26 Å². The van der Waals surface area contributed by atoms with Gasteiger partial charge in [0.1, 0.15) is 23.2 Å². The summed E-state index contributed by atoms with van der Waals surface area (Å²) < 4.78 is 0. The summed E-state index contributed by atoms with van der Waals surface area (Å²) in [5.74, 6) is 0.716. The molecular formula is C38H46P+. The smallest absolute Gasteiger partial charge is 0.0859 e. The first-order valence-corrected chi connectivity index (χ1v) is 16.3. The third-order valence-corrected chi connectivity index (χ3v) is 11.4. The van der Waals surface area contributed by atoms with Crippen LogP contribution < -0.4 is 15.9 Å². The number of hydrogen-bond acceptors (Lipinski definition) is 0. The zero-order valence-corrected chi connectivity index (χ0v) is 25.4. The monoisotopic (exact) mass is 533 g/mol. The molecule has 0 spiro atoms. The molecule has 0 aliphatic heterocycles. The quantitative estimate of drug-likeness (QED) is 0.117. The van der Waals surface area contributed by atoms with Gasteiger partial charge in [-0.25, -0.2) is 0 Å². The van der Waals surface area contributed by atoms with Crippen molar-refractivity contribution in [1.82, 2.24) is 0 Å². The molecule has 0 aromatic heterocycles. The highest BCUT2D eigenvalue weighted by Crippen LogP contribution is 2.55. The predicted octanol–water partition coefficient (Wildman–Crippen LogP) is 9.76. The van der Waals surface area contributed by atoms with Crippen molar-refractivity contribution >= 4 is 23.2 Å². The molecule has 1 atom stereocenters. The average Bonchev–Trinajstić information content (AvgIpc) is 2.95. The Morgan fingerprint density at radius 2 is 1.18 bits per heavy atom. The molecule has 39 heavy (non-hydrogen) atoms. The van der Waals surface area contributed by atoms with Crippen LogP contribution in [0.25, 0.3) is 0 Å². The summed E-state index contributed by atoms with van der Waals surface area (Å²) in [5.41, 5.74) is 4.00. The van der Waals surface area contributed by atoms with Crippen molar-refractivity contribution in [2.75, 3.05) is 6.16 Å². The molecule has 202 valence electrons. The first kappa shape index (κ1) is 30.3. The summed E-state index contributed by atoms with van der Waals surface area (Å²) in [7, 11) is -1.84. The van der Waals surface area contributed by atoms with Gasteiger partial charge in [0, 0.05) is 0 Å². The maximum Gasteiger partial charge on any atom is 0.115 e. The molecule has 3 aromatic carbocycles. The van der Waals surface area contributed by atoms with Crippen LogP contribution in [0.1, 0.15) is 53.9 Å². The normalized spacial score (nSPS) is 13.7. The van der Waals surface area contributed by atoms with Gasteiger partial charge in [-0.2, -0.15) is 0 Å². The zero-order chi connectivity index (χ0) is 27.9. The number of allylic oxidation sites excluding steroid dienone is 10. The second-order valence-corrected chi connectivity index (χ2v) is 14.4. The molecular weight excluding hydrogens is 487 g/mol. The SMILES string of the molecule is CC(C)=CCC[C@@H](C)C/C=C/C(C)=C/C=C/C(C)=CC[P+](c1ccccc1)(c1ccccc1)c1ccccc1.